The molecule has 0 saturated carbocycles. The van der Waals surface area contributed by atoms with E-state index in [1.807, 2.05) is 30.3 Å². The maximum absolute atomic E-state index is 11.7. The number of amides is 1. The predicted octanol–water partition coefficient (Wildman–Crippen LogP) is 2.01. The summed E-state index contributed by atoms with van der Waals surface area (Å²) >= 11 is 0. The van der Waals surface area contributed by atoms with E-state index in [9.17, 15) is 9.90 Å². The summed E-state index contributed by atoms with van der Waals surface area (Å²) in [4.78, 5) is 11.7. The van der Waals surface area contributed by atoms with Crippen LogP contribution in [-0.2, 0) is 4.79 Å². The van der Waals surface area contributed by atoms with Gasteiger partial charge in [-0.1, -0.05) is 32.0 Å². The average Bonchev–Trinajstić information content (AvgIpc) is 2.28. The molecular weight excluding hydrogens is 240 g/mol. The molecule has 0 bridgehead atoms. The quantitative estimate of drug-likeness (QED) is 0.706. The van der Waals surface area contributed by atoms with Crippen LogP contribution in [0.3, 0.4) is 0 Å². The number of aliphatic hydroxyl groups is 1. The molecule has 1 aromatic rings. The van der Waals surface area contributed by atoms with E-state index in [1.165, 1.54) is 0 Å². The van der Waals surface area contributed by atoms with Crippen molar-refractivity contribution >= 4 is 11.6 Å². The molecule has 19 heavy (non-hydrogen) atoms. The molecule has 1 amide bonds. The standard InChI is InChI=1S/C15H24N2O2/c1-12(2)9-15(3,19)11-16-10-14(18)17-13-7-5-4-6-8-13/h4-8,12,16,19H,9-11H2,1-3H3,(H,17,18). The SMILES string of the molecule is CC(C)CC(C)(O)CNCC(=O)Nc1ccccc1. The predicted molar refractivity (Wildman–Crippen MR) is 78.0 cm³/mol. The number of carbonyl (C=O) groups excluding carboxylic acids is 1. The smallest absolute Gasteiger partial charge is 0.238 e. The highest BCUT2D eigenvalue weighted by atomic mass is 16.3. The first-order chi connectivity index (χ1) is 8.89. The fourth-order valence-corrected chi connectivity index (χ4v) is 2.12. The Balaban J connectivity index is 2.27. The third-order valence-corrected chi connectivity index (χ3v) is 2.70. The van der Waals surface area contributed by atoms with Crippen LogP contribution in [0.1, 0.15) is 27.2 Å². The molecule has 3 N–H and O–H groups in total. The van der Waals surface area contributed by atoms with Gasteiger partial charge in [-0.2, -0.15) is 0 Å². The molecule has 0 spiro atoms. The van der Waals surface area contributed by atoms with Gasteiger partial charge >= 0.3 is 0 Å². The first-order valence-corrected chi connectivity index (χ1v) is 6.67. The number of rotatable bonds is 7. The minimum absolute atomic E-state index is 0.105. The van der Waals surface area contributed by atoms with Crippen molar-refractivity contribution in [3.05, 3.63) is 30.3 Å². The normalized spacial score (nSPS) is 14.2. The average molecular weight is 264 g/mol. The summed E-state index contributed by atoms with van der Waals surface area (Å²) in [6.07, 6.45) is 0.709. The Morgan fingerprint density at radius 3 is 2.53 bits per heavy atom. The van der Waals surface area contributed by atoms with Gasteiger partial charge in [-0.25, -0.2) is 0 Å². The van der Waals surface area contributed by atoms with Crippen LogP contribution in [0.15, 0.2) is 30.3 Å². The third kappa shape index (κ3) is 6.94. The Bertz CT molecular complexity index is 388. The first-order valence-electron chi connectivity index (χ1n) is 6.67. The molecule has 4 nitrogen and oxygen atoms in total. The van der Waals surface area contributed by atoms with Crippen LogP contribution in [0.4, 0.5) is 5.69 Å². The minimum atomic E-state index is -0.777. The van der Waals surface area contributed by atoms with Gasteiger partial charge in [-0.05, 0) is 31.4 Å². The molecule has 0 aromatic heterocycles. The fraction of sp³-hybridized carbons (Fsp3) is 0.533. The molecule has 0 aliphatic heterocycles. The molecule has 1 atom stereocenters. The zero-order valence-corrected chi connectivity index (χ0v) is 11.9. The number of hydrogen-bond donors (Lipinski definition) is 3. The number of benzene rings is 1. The van der Waals surface area contributed by atoms with E-state index in [0.29, 0.717) is 18.9 Å². The van der Waals surface area contributed by atoms with E-state index in [1.54, 1.807) is 6.92 Å². The fourth-order valence-electron chi connectivity index (χ4n) is 2.12. The molecular formula is C15H24N2O2. The van der Waals surface area contributed by atoms with Gasteiger partial charge in [0, 0.05) is 12.2 Å². The summed E-state index contributed by atoms with van der Waals surface area (Å²) in [6.45, 7) is 6.53. The molecule has 0 heterocycles. The highest BCUT2D eigenvalue weighted by Gasteiger charge is 2.21. The molecule has 0 aliphatic carbocycles. The Hall–Kier alpha value is -1.39. The van der Waals surface area contributed by atoms with Crippen LogP contribution < -0.4 is 10.6 Å². The largest absolute Gasteiger partial charge is 0.389 e. The number of nitrogens with one attached hydrogen (secondary N) is 2. The number of anilines is 1. The molecule has 1 unspecified atom stereocenters. The van der Waals surface area contributed by atoms with Gasteiger partial charge in [0.2, 0.25) is 5.91 Å². The maximum Gasteiger partial charge on any atom is 0.238 e. The second-order valence-corrected chi connectivity index (χ2v) is 5.61. The zero-order valence-electron chi connectivity index (χ0n) is 11.9. The van der Waals surface area contributed by atoms with E-state index < -0.39 is 5.60 Å². The molecule has 106 valence electrons. The summed E-state index contributed by atoms with van der Waals surface area (Å²) in [5.41, 5.74) is 0.00418. The molecule has 1 aromatic carbocycles. The summed E-state index contributed by atoms with van der Waals surface area (Å²) < 4.78 is 0. The molecule has 0 radical (unpaired) electrons. The summed E-state index contributed by atoms with van der Waals surface area (Å²) in [5.74, 6) is 0.321. The van der Waals surface area contributed by atoms with Crippen LogP contribution in [0.5, 0.6) is 0 Å². The molecule has 0 saturated heterocycles. The van der Waals surface area contributed by atoms with E-state index in [-0.39, 0.29) is 12.5 Å². The lowest BCUT2D eigenvalue weighted by molar-refractivity contribution is -0.115. The summed E-state index contributed by atoms with van der Waals surface area (Å²) in [6, 6.07) is 9.32. The van der Waals surface area contributed by atoms with E-state index in [4.69, 9.17) is 0 Å². The van der Waals surface area contributed by atoms with E-state index in [0.717, 1.165) is 5.69 Å². The summed E-state index contributed by atoms with van der Waals surface area (Å²) in [7, 11) is 0. The highest BCUT2D eigenvalue weighted by Crippen LogP contribution is 2.14. The Kier molecular flexibility index (Phi) is 5.99. The van der Waals surface area contributed by atoms with Crippen molar-refractivity contribution in [2.45, 2.75) is 32.8 Å². The lowest BCUT2D eigenvalue weighted by Crippen LogP contribution is -2.41. The topological polar surface area (TPSA) is 61.4 Å². The van der Waals surface area contributed by atoms with Gasteiger partial charge in [0.1, 0.15) is 0 Å². The van der Waals surface area contributed by atoms with Gasteiger partial charge in [-0.15, -0.1) is 0 Å². The van der Waals surface area contributed by atoms with Crippen LogP contribution in [0, 0.1) is 5.92 Å². The highest BCUT2D eigenvalue weighted by molar-refractivity contribution is 5.92. The number of hydrogen-bond acceptors (Lipinski definition) is 3. The molecule has 0 fully saturated rings. The Labute approximate surface area is 115 Å². The van der Waals surface area contributed by atoms with Crippen molar-refractivity contribution in [2.75, 3.05) is 18.4 Å². The van der Waals surface area contributed by atoms with E-state index in [2.05, 4.69) is 24.5 Å². The molecule has 1 rings (SSSR count). The van der Waals surface area contributed by atoms with Crippen LogP contribution in [0.2, 0.25) is 0 Å². The number of para-hydroxylation sites is 1. The monoisotopic (exact) mass is 264 g/mol. The van der Waals surface area contributed by atoms with Crippen molar-refractivity contribution in [3.8, 4) is 0 Å². The minimum Gasteiger partial charge on any atom is -0.389 e. The second-order valence-electron chi connectivity index (χ2n) is 5.61. The maximum atomic E-state index is 11.7. The van der Waals surface area contributed by atoms with Gasteiger partial charge in [0.05, 0.1) is 12.1 Å². The van der Waals surface area contributed by atoms with E-state index >= 15 is 0 Å². The van der Waals surface area contributed by atoms with Crippen molar-refractivity contribution < 1.29 is 9.90 Å². The Morgan fingerprint density at radius 2 is 1.95 bits per heavy atom. The zero-order chi connectivity index (χ0) is 14.3. The molecule has 4 heteroatoms. The van der Waals surface area contributed by atoms with Gasteiger partial charge in [-0.3, -0.25) is 4.79 Å². The lowest BCUT2D eigenvalue weighted by Gasteiger charge is -2.25. The summed E-state index contributed by atoms with van der Waals surface area (Å²) in [5, 5.41) is 15.9. The first kappa shape index (κ1) is 15.7. The Morgan fingerprint density at radius 1 is 1.32 bits per heavy atom. The second kappa shape index (κ2) is 7.26. The molecule has 0 aliphatic rings. The van der Waals surface area contributed by atoms with Crippen molar-refractivity contribution in [2.24, 2.45) is 5.92 Å². The van der Waals surface area contributed by atoms with Crippen molar-refractivity contribution in [3.63, 3.8) is 0 Å². The third-order valence-electron chi connectivity index (χ3n) is 2.70. The van der Waals surface area contributed by atoms with Crippen LogP contribution in [0.25, 0.3) is 0 Å². The van der Waals surface area contributed by atoms with Crippen molar-refractivity contribution in [1.29, 1.82) is 0 Å². The van der Waals surface area contributed by atoms with Crippen LogP contribution in [-0.4, -0.2) is 29.7 Å². The van der Waals surface area contributed by atoms with Crippen molar-refractivity contribution in [1.82, 2.24) is 5.32 Å². The van der Waals surface area contributed by atoms with Gasteiger partial charge < -0.3 is 15.7 Å². The van der Waals surface area contributed by atoms with Gasteiger partial charge in [0.25, 0.3) is 0 Å². The number of carbonyl (C=O) groups is 1. The van der Waals surface area contributed by atoms with Crippen LogP contribution >= 0.6 is 0 Å². The lowest BCUT2D eigenvalue weighted by atomic mass is 9.94. The van der Waals surface area contributed by atoms with Gasteiger partial charge in [0.15, 0.2) is 0 Å².